The monoisotopic (exact) mass is 582 g/mol. The topological polar surface area (TPSA) is 86.6 Å². The van der Waals surface area contributed by atoms with Crippen molar-refractivity contribution in [2.24, 2.45) is 0 Å². The van der Waals surface area contributed by atoms with Gasteiger partial charge >= 0.3 is 6.01 Å². The number of aryl methyl sites for hydroxylation is 1. The number of piperazine rings is 1. The molecule has 0 aliphatic carbocycles. The summed E-state index contributed by atoms with van der Waals surface area (Å²) in [6.07, 6.45) is 11.5. The second kappa shape index (κ2) is 10.00. The van der Waals surface area contributed by atoms with Crippen LogP contribution >= 0.6 is 0 Å². The Balaban J connectivity index is 1.34. The molecule has 6 heterocycles. The van der Waals surface area contributed by atoms with Gasteiger partial charge in [0.15, 0.2) is 5.82 Å². The molecule has 2 aromatic heterocycles. The Morgan fingerprint density at radius 2 is 1.93 bits per heavy atom. The van der Waals surface area contributed by atoms with E-state index < -0.39 is 11.6 Å². The van der Waals surface area contributed by atoms with Crippen molar-refractivity contribution < 1.29 is 18.6 Å². The highest BCUT2D eigenvalue weighted by atomic mass is 19.1. The van der Waals surface area contributed by atoms with Gasteiger partial charge in [-0.25, -0.2) is 13.8 Å². The van der Waals surface area contributed by atoms with Crippen molar-refractivity contribution in [3.8, 4) is 35.4 Å². The van der Waals surface area contributed by atoms with E-state index in [-0.39, 0.29) is 45.7 Å². The first-order valence-corrected chi connectivity index (χ1v) is 15.1. The number of aromatic nitrogens is 3. The quantitative estimate of drug-likeness (QED) is 0.340. The molecule has 1 unspecified atom stereocenters. The Hall–Kier alpha value is -4.07. The van der Waals surface area contributed by atoms with Gasteiger partial charge in [-0.1, -0.05) is 12.0 Å². The van der Waals surface area contributed by atoms with Crippen molar-refractivity contribution in [1.29, 1.82) is 0 Å². The molecule has 2 N–H and O–H groups in total. The van der Waals surface area contributed by atoms with Gasteiger partial charge in [0.2, 0.25) is 0 Å². The summed E-state index contributed by atoms with van der Waals surface area (Å²) in [7, 11) is 0. The molecule has 0 spiro atoms. The Kier molecular flexibility index (Phi) is 6.17. The number of nitrogens with one attached hydrogen (secondary N) is 1. The van der Waals surface area contributed by atoms with Gasteiger partial charge in [-0.3, -0.25) is 4.90 Å². The minimum atomic E-state index is -0.679. The number of phenols is 1. The SMILES string of the molecule is C#Cc1c(F)ccc2cc(O)cc(-c3nc4c5c(nc(OCC67CCCN6CCC7)nc5c3F)N3CCNCC3CC4)c12. The lowest BCUT2D eigenvalue weighted by atomic mass is 9.95. The van der Waals surface area contributed by atoms with E-state index >= 15 is 4.39 Å². The van der Waals surface area contributed by atoms with E-state index in [4.69, 9.17) is 26.1 Å². The molecule has 220 valence electrons. The molecule has 0 saturated carbocycles. The zero-order valence-corrected chi connectivity index (χ0v) is 23.8. The molecule has 0 amide bonds. The third-order valence-corrected chi connectivity index (χ3v) is 9.89. The van der Waals surface area contributed by atoms with Crippen LogP contribution in [0.5, 0.6) is 11.8 Å². The Morgan fingerprint density at radius 3 is 2.74 bits per heavy atom. The summed E-state index contributed by atoms with van der Waals surface area (Å²) in [5, 5.41) is 15.5. The first kappa shape index (κ1) is 26.5. The number of nitrogens with zero attached hydrogens (tertiary/aromatic N) is 5. The Bertz CT molecular complexity index is 1830. The van der Waals surface area contributed by atoms with E-state index in [1.165, 1.54) is 24.3 Å². The van der Waals surface area contributed by atoms with Crippen LogP contribution in [0.25, 0.3) is 32.9 Å². The molecule has 3 saturated heterocycles. The molecule has 4 aromatic rings. The number of pyridine rings is 1. The lowest BCUT2D eigenvalue weighted by Crippen LogP contribution is -2.51. The lowest BCUT2D eigenvalue weighted by molar-refractivity contribution is 0.108. The van der Waals surface area contributed by atoms with E-state index in [0.29, 0.717) is 40.7 Å². The van der Waals surface area contributed by atoms with Crippen LogP contribution in [0.15, 0.2) is 24.3 Å². The van der Waals surface area contributed by atoms with Crippen LogP contribution in [0.3, 0.4) is 0 Å². The zero-order valence-electron chi connectivity index (χ0n) is 23.8. The Morgan fingerprint density at radius 1 is 1.09 bits per heavy atom. The summed E-state index contributed by atoms with van der Waals surface area (Å²) in [5.41, 5.74) is 0.932. The molecule has 10 heteroatoms. The molecule has 2 aromatic carbocycles. The van der Waals surface area contributed by atoms with Crippen molar-refractivity contribution >= 4 is 27.5 Å². The second-order valence-electron chi connectivity index (χ2n) is 12.2. The smallest absolute Gasteiger partial charge is 0.319 e. The van der Waals surface area contributed by atoms with Crippen LogP contribution in [0.1, 0.15) is 43.4 Å². The van der Waals surface area contributed by atoms with Crippen LogP contribution in [0, 0.1) is 24.0 Å². The minimum absolute atomic E-state index is 0.00722. The molecule has 43 heavy (non-hydrogen) atoms. The maximum Gasteiger partial charge on any atom is 0.319 e. The maximum atomic E-state index is 16.9. The molecular formula is C33H32F2N6O2. The van der Waals surface area contributed by atoms with Gasteiger partial charge < -0.3 is 20.1 Å². The second-order valence-corrected chi connectivity index (χ2v) is 12.2. The van der Waals surface area contributed by atoms with Gasteiger partial charge in [0, 0.05) is 36.6 Å². The average molecular weight is 583 g/mol. The number of benzene rings is 2. The molecule has 0 radical (unpaired) electrons. The van der Waals surface area contributed by atoms with Gasteiger partial charge in [-0.2, -0.15) is 9.97 Å². The van der Waals surface area contributed by atoms with Crippen LogP contribution in [-0.2, 0) is 6.42 Å². The molecule has 0 bridgehead atoms. The average Bonchev–Trinajstić information content (AvgIpc) is 3.56. The maximum absolute atomic E-state index is 16.9. The Labute approximate surface area is 248 Å². The normalized spacial score (nSPS) is 21.0. The highest BCUT2D eigenvalue weighted by Crippen LogP contribution is 2.43. The number of ether oxygens (including phenoxy) is 1. The van der Waals surface area contributed by atoms with Crippen LogP contribution in [0.4, 0.5) is 14.6 Å². The van der Waals surface area contributed by atoms with Gasteiger partial charge in [0.1, 0.15) is 35.2 Å². The lowest BCUT2D eigenvalue weighted by Gasteiger charge is -2.36. The number of hydrogen-bond acceptors (Lipinski definition) is 8. The van der Waals surface area contributed by atoms with Crippen molar-refractivity contribution in [1.82, 2.24) is 25.2 Å². The molecule has 4 aliphatic heterocycles. The molecule has 4 aliphatic rings. The number of terminal acetylenes is 1. The number of hydrogen-bond donors (Lipinski definition) is 2. The number of halogens is 2. The van der Waals surface area contributed by atoms with Crippen molar-refractivity contribution in [2.75, 3.05) is 44.2 Å². The predicted octanol–water partition coefficient (Wildman–Crippen LogP) is 4.54. The van der Waals surface area contributed by atoms with E-state index in [2.05, 4.69) is 21.0 Å². The summed E-state index contributed by atoms with van der Waals surface area (Å²) < 4.78 is 38.1. The number of rotatable bonds is 4. The third kappa shape index (κ3) is 4.13. The fraction of sp³-hybridized carbons (Fsp3) is 0.424. The summed E-state index contributed by atoms with van der Waals surface area (Å²) >= 11 is 0. The molecule has 3 fully saturated rings. The van der Waals surface area contributed by atoms with Gasteiger partial charge in [0.25, 0.3) is 0 Å². The van der Waals surface area contributed by atoms with Crippen molar-refractivity contribution in [2.45, 2.75) is 50.1 Å². The molecule has 8 nitrogen and oxygen atoms in total. The zero-order chi connectivity index (χ0) is 29.3. The van der Waals surface area contributed by atoms with Gasteiger partial charge in [0.05, 0.1) is 22.2 Å². The summed E-state index contributed by atoms with van der Waals surface area (Å²) in [5.74, 6) is 1.68. The van der Waals surface area contributed by atoms with Gasteiger partial charge in [-0.15, -0.1) is 6.42 Å². The van der Waals surface area contributed by atoms with Crippen molar-refractivity contribution in [3.05, 3.63) is 47.2 Å². The van der Waals surface area contributed by atoms with Crippen molar-refractivity contribution in [3.63, 3.8) is 0 Å². The first-order chi connectivity index (χ1) is 21.0. The molecular weight excluding hydrogens is 550 g/mol. The van der Waals surface area contributed by atoms with Crippen LogP contribution in [-0.4, -0.2) is 75.9 Å². The van der Waals surface area contributed by atoms with E-state index in [0.717, 1.165) is 64.8 Å². The van der Waals surface area contributed by atoms with Crippen LogP contribution < -0.4 is 15.0 Å². The third-order valence-electron chi connectivity index (χ3n) is 9.89. The highest BCUT2D eigenvalue weighted by Gasteiger charge is 2.45. The number of anilines is 1. The summed E-state index contributed by atoms with van der Waals surface area (Å²) in [4.78, 5) is 19.2. The highest BCUT2D eigenvalue weighted by molar-refractivity contribution is 6.03. The largest absolute Gasteiger partial charge is 0.508 e. The van der Waals surface area contributed by atoms with E-state index in [1.807, 2.05) is 0 Å². The predicted molar refractivity (Wildman–Crippen MR) is 160 cm³/mol. The number of fused-ring (bicyclic) bond motifs is 4. The fourth-order valence-electron chi connectivity index (χ4n) is 7.85. The standard InChI is InChI=1S/C33H32F2N6O2/c1-2-22-24(34)7-5-19-15-21(42)16-23(26(19)22)29-28(35)30-27-25(37-29)8-6-20-17-36-11-14-41(20)31(27)39-32(38-30)43-18-33-9-3-12-40(33)13-4-10-33/h1,5,7,15-16,20,36,42H,3-4,6,8-14,17-18H2. The van der Waals surface area contributed by atoms with E-state index in [9.17, 15) is 9.50 Å². The summed E-state index contributed by atoms with van der Waals surface area (Å²) in [6, 6.07) is 5.95. The molecule has 1 atom stereocenters. The number of phenolic OH excluding ortho intramolecular Hbond substituents is 1. The fourth-order valence-corrected chi connectivity index (χ4v) is 7.85. The van der Waals surface area contributed by atoms with Gasteiger partial charge in [-0.05, 0) is 75.2 Å². The number of aromatic hydroxyl groups is 1. The first-order valence-electron chi connectivity index (χ1n) is 15.1. The minimum Gasteiger partial charge on any atom is -0.508 e. The summed E-state index contributed by atoms with van der Waals surface area (Å²) in [6.45, 7) is 4.89. The molecule has 8 rings (SSSR count). The van der Waals surface area contributed by atoms with E-state index in [1.54, 1.807) is 0 Å². The van der Waals surface area contributed by atoms with Crippen LogP contribution in [0.2, 0.25) is 0 Å².